The van der Waals surface area contributed by atoms with E-state index in [-0.39, 0.29) is 0 Å². The predicted molar refractivity (Wildman–Crippen MR) is 86.3 cm³/mol. The smallest absolute Gasteiger partial charge is 0.119 e. The molecular weight excluding hydrogens is 264 g/mol. The van der Waals surface area contributed by atoms with Gasteiger partial charge in [0.05, 0.1) is 11.8 Å². The zero-order valence-electron chi connectivity index (χ0n) is 12.1. The minimum atomic E-state index is -0.420. The molecule has 0 amide bonds. The van der Waals surface area contributed by atoms with Crippen LogP contribution in [0.4, 0.5) is 11.4 Å². The van der Waals surface area contributed by atoms with Gasteiger partial charge in [-0.15, -0.1) is 0 Å². The maximum Gasteiger partial charge on any atom is 0.119 e. The van der Waals surface area contributed by atoms with E-state index < -0.39 is 6.10 Å². The van der Waals surface area contributed by atoms with Crippen molar-refractivity contribution in [3.8, 4) is 5.75 Å². The highest BCUT2D eigenvalue weighted by Gasteiger charge is 2.01. The number of nitrogens with two attached hydrogens (primary N) is 1. The number of aliphatic hydroxyl groups excluding tert-OH is 1. The summed E-state index contributed by atoms with van der Waals surface area (Å²) in [6.45, 7) is 2.24. The number of aliphatic imine (C=N–C) groups is 1. The summed E-state index contributed by atoms with van der Waals surface area (Å²) in [5.74, 6) is 0.743. The molecule has 4 nitrogen and oxygen atoms in total. The molecule has 0 heterocycles. The second-order valence-corrected chi connectivity index (χ2v) is 4.79. The number of hydrogen-bond acceptors (Lipinski definition) is 4. The summed E-state index contributed by atoms with van der Waals surface area (Å²) in [6, 6.07) is 15.0. The molecule has 0 bridgehead atoms. The minimum absolute atomic E-state index is 0.315. The van der Waals surface area contributed by atoms with E-state index in [0.717, 1.165) is 22.7 Å². The van der Waals surface area contributed by atoms with Crippen molar-refractivity contribution in [2.75, 3.05) is 12.3 Å². The number of rotatable bonds is 6. The first-order valence-electron chi connectivity index (χ1n) is 6.98. The number of benzene rings is 2. The molecule has 0 aliphatic heterocycles. The van der Waals surface area contributed by atoms with Gasteiger partial charge in [-0.1, -0.05) is 6.92 Å². The number of nitrogen functional groups attached to an aromatic ring is 1. The first-order valence-corrected chi connectivity index (χ1v) is 6.98. The number of ether oxygens (including phenoxy) is 1. The van der Waals surface area contributed by atoms with Crippen LogP contribution in [0.2, 0.25) is 0 Å². The van der Waals surface area contributed by atoms with Crippen molar-refractivity contribution < 1.29 is 9.84 Å². The summed E-state index contributed by atoms with van der Waals surface area (Å²) < 4.78 is 5.48. The summed E-state index contributed by atoms with van der Waals surface area (Å²) in [5.41, 5.74) is 8.19. The van der Waals surface area contributed by atoms with Crippen molar-refractivity contribution in [3.63, 3.8) is 0 Å². The molecule has 1 atom stereocenters. The Bertz CT molecular complexity index is 577. The third-order valence-corrected chi connectivity index (χ3v) is 3.05. The van der Waals surface area contributed by atoms with Gasteiger partial charge in [-0.3, -0.25) is 4.99 Å². The van der Waals surface area contributed by atoms with Gasteiger partial charge in [0, 0.05) is 11.9 Å². The molecule has 0 fully saturated rings. The van der Waals surface area contributed by atoms with Gasteiger partial charge in [0.15, 0.2) is 0 Å². The van der Waals surface area contributed by atoms with Crippen LogP contribution in [-0.2, 0) is 0 Å². The van der Waals surface area contributed by atoms with Gasteiger partial charge in [0.25, 0.3) is 0 Å². The first-order chi connectivity index (χ1) is 10.2. The molecule has 0 aromatic heterocycles. The summed E-state index contributed by atoms with van der Waals surface area (Å²) in [4.78, 5) is 4.37. The van der Waals surface area contributed by atoms with Crippen LogP contribution in [0.15, 0.2) is 53.5 Å². The third kappa shape index (κ3) is 4.93. The lowest BCUT2D eigenvalue weighted by molar-refractivity contribution is 0.104. The number of nitrogens with zero attached hydrogens (tertiary/aromatic N) is 1. The monoisotopic (exact) mass is 284 g/mol. The van der Waals surface area contributed by atoms with Gasteiger partial charge in [0.1, 0.15) is 12.4 Å². The van der Waals surface area contributed by atoms with E-state index in [1.807, 2.05) is 55.5 Å². The first kappa shape index (κ1) is 15.1. The minimum Gasteiger partial charge on any atom is -0.491 e. The fourth-order valence-electron chi connectivity index (χ4n) is 1.67. The molecule has 0 aliphatic carbocycles. The van der Waals surface area contributed by atoms with E-state index >= 15 is 0 Å². The Labute approximate surface area is 124 Å². The molecule has 110 valence electrons. The SMILES string of the molecule is CCC(O)COc1ccc(/C=N/c2ccc(N)cc2)cc1. The van der Waals surface area contributed by atoms with Crippen LogP contribution in [0.3, 0.4) is 0 Å². The Balaban J connectivity index is 1.94. The van der Waals surface area contributed by atoms with Crippen molar-refractivity contribution in [2.45, 2.75) is 19.4 Å². The zero-order chi connectivity index (χ0) is 15.1. The summed E-state index contributed by atoms with van der Waals surface area (Å²) in [7, 11) is 0. The van der Waals surface area contributed by atoms with E-state index in [2.05, 4.69) is 4.99 Å². The van der Waals surface area contributed by atoms with Crippen molar-refractivity contribution >= 4 is 17.6 Å². The maximum absolute atomic E-state index is 9.45. The van der Waals surface area contributed by atoms with Crippen LogP contribution >= 0.6 is 0 Å². The molecule has 0 aliphatic rings. The van der Waals surface area contributed by atoms with Crippen molar-refractivity contribution in [3.05, 3.63) is 54.1 Å². The Morgan fingerprint density at radius 2 is 1.81 bits per heavy atom. The van der Waals surface area contributed by atoms with Gasteiger partial charge < -0.3 is 15.6 Å². The Hall–Kier alpha value is -2.33. The van der Waals surface area contributed by atoms with Gasteiger partial charge in [-0.25, -0.2) is 0 Å². The van der Waals surface area contributed by atoms with Crippen molar-refractivity contribution in [1.29, 1.82) is 0 Å². The Morgan fingerprint density at radius 3 is 2.43 bits per heavy atom. The largest absolute Gasteiger partial charge is 0.491 e. The van der Waals surface area contributed by atoms with Crippen molar-refractivity contribution in [2.24, 2.45) is 4.99 Å². The highest BCUT2D eigenvalue weighted by molar-refractivity contribution is 5.82. The van der Waals surface area contributed by atoms with Crippen LogP contribution in [0.1, 0.15) is 18.9 Å². The molecule has 0 saturated carbocycles. The summed E-state index contributed by atoms with van der Waals surface area (Å²) in [6.07, 6.45) is 2.06. The molecule has 4 heteroatoms. The van der Waals surface area contributed by atoms with E-state index in [1.165, 1.54) is 0 Å². The lowest BCUT2D eigenvalue weighted by Gasteiger charge is -2.10. The number of hydrogen-bond donors (Lipinski definition) is 2. The molecule has 0 saturated heterocycles. The van der Waals surface area contributed by atoms with Crippen LogP contribution in [0.25, 0.3) is 0 Å². The van der Waals surface area contributed by atoms with E-state index in [1.54, 1.807) is 6.21 Å². The molecule has 2 aromatic rings. The highest BCUT2D eigenvalue weighted by Crippen LogP contribution is 2.15. The maximum atomic E-state index is 9.45. The molecule has 0 spiro atoms. The standard InChI is InChI=1S/C17H20N2O2/c1-2-16(20)12-21-17-9-3-13(4-10-17)11-19-15-7-5-14(18)6-8-15/h3-11,16,20H,2,12,18H2,1H3/b19-11+. The molecule has 3 N–H and O–H groups in total. The van der Waals surface area contributed by atoms with E-state index in [9.17, 15) is 5.11 Å². The van der Waals surface area contributed by atoms with Crippen LogP contribution in [0.5, 0.6) is 5.75 Å². The van der Waals surface area contributed by atoms with Gasteiger partial charge >= 0.3 is 0 Å². The Morgan fingerprint density at radius 1 is 1.14 bits per heavy atom. The lowest BCUT2D eigenvalue weighted by atomic mass is 10.2. The average molecular weight is 284 g/mol. The Kier molecular flexibility index (Phi) is 5.35. The molecular formula is C17H20N2O2. The van der Waals surface area contributed by atoms with Crippen LogP contribution in [0, 0.1) is 0 Å². The second-order valence-electron chi connectivity index (χ2n) is 4.79. The molecule has 2 aromatic carbocycles. The summed E-state index contributed by atoms with van der Waals surface area (Å²) in [5, 5.41) is 9.45. The zero-order valence-corrected chi connectivity index (χ0v) is 12.1. The van der Waals surface area contributed by atoms with Crippen LogP contribution < -0.4 is 10.5 Å². The van der Waals surface area contributed by atoms with Gasteiger partial charge in [0.2, 0.25) is 0 Å². The van der Waals surface area contributed by atoms with Gasteiger partial charge in [-0.05, 0) is 60.5 Å². The number of anilines is 1. The second kappa shape index (κ2) is 7.45. The molecule has 21 heavy (non-hydrogen) atoms. The third-order valence-electron chi connectivity index (χ3n) is 3.05. The normalized spacial score (nSPS) is 12.5. The predicted octanol–water partition coefficient (Wildman–Crippen LogP) is 3.17. The van der Waals surface area contributed by atoms with Gasteiger partial charge in [-0.2, -0.15) is 0 Å². The fourth-order valence-corrected chi connectivity index (χ4v) is 1.67. The molecule has 0 radical (unpaired) electrons. The summed E-state index contributed by atoms with van der Waals surface area (Å²) >= 11 is 0. The molecule has 1 unspecified atom stereocenters. The fraction of sp³-hybridized carbons (Fsp3) is 0.235. The van der Waals surface area contributed by atoms with E-state index in [4.69, 9.17) is 10.5 Å². The average Bonchev–Trinajstić information content (AvgIpc) is 2.53. The van der Waals surface area contributed by atoms with Crippen LogP contribution in [-0.4, -0.2) is 24.0 Å². The molecule has 2 rings (SSSR count). The number of aliphatic hydroxyl groups is 1. The highest BCUT2D eigenvalue weighted by atomic mass is 16.5. The lowest BCUT2D eigenvalue weighted by Crippen LogP contribution is -2.15. The van der Waals surface area contributed by atoms with Crippen molar-refractivity contribution in [1.82, 2.24) is 0 Å². The quantitative estimate of drug-likeness (QED) is 0.632. The van der Waals surface area contributed by atoms with E-state index in [0.29, 0.717) is 13.0 Å². The topological polar surface area (TPSA) is 67.8 Å².